The summed E-state index contributed by atoms with van der Waals surface area (Å²) in [6.45, 7) is 4.42. The van der Waals surface area contributed by atoms with E-state index in [1.807, 2.05) is 0 Å². The Bertz CT molecular complexity index is 960. The summed E-state index contributed by atoms with van der Waals surface area (Å²) in [4.78, 5) is 0. The molecule has 4 rings (SSSR count). The molecular formula is C20H18O. The highest BCUT2D eigenvalue weighted by Crippen LogP contribution is 2.37. The lowest BCUT2D eigenvalue weighted by Crippen LogP contribution is -1.85. The zero-order valence-corrected chi connectivity index (χ0v) is 12.4. The van der Waals surface area contributed by atoms with Crippen molar-refractivity contribution in [1.29, 1.82) is 0 Å². The first kappa shape index (κ1) is 12.5. The highest BCUT2D eigenvalue weighted by Gasteiger charge is 2.14. The molecule has 3 aromatic carbocycles. The number of furan rings is 1. The van der Waals surface area contributed by atoms with Crippen LogP contribution in [0.25, 0.3) is 32.7 Å². The largest absolute Gasteiger partial charge is 0.455 e. The smallest absolute Gasteiger partial charge is 0.143 e. The van der Waals surface area contributed by atoms with Gasteiger partial charge in [0.25, 0.3) is 0 Å². The van der Waals surface area contributed by atoms with Crippen LogP contribution in [0.1, 0.15) is 25.0 Å². The maximum absolute atomic E-state index is 6.21. The normalized spacial score (nSPS) is 11.7. The minimum absolute atomic E-state index is 1.00. The Kier molecular flexibility index (Phi) is 2.75. The number of hydrogen-bond acceptors (Lipinski definition) is 1. The van der Waals surface area contributed by atoms with Crippen molar-refractivity contribution in [1.82, 2.24) is 0 Å². The van der Waals surface area contributed by atoms with Gasteiger partial charge < -0.3 is 4.42 Å². The van der Waals surface area contributed by atoms with Crippen LogP contribution in [0.5, 0.6) is 0 Å². The quantitative estimate of drug-likeness (QED) is 0.446. The molecule has 0 amide bonds. The number of rotatable bonds is 2. The predicted molar refractivity (Wildman–Crippen MR) is 90.0 cm³/mol. The number of hydrogen-bond donors (Lipinski definition) is 0. The summed E-state index contributed by atoms with van der Waals surface area (Å²) in [6, 6.07) is 17.3. The van der Waals surface area contributed by atoms with Gasteiger partial charge in [-0.15, -0.1) is 0 Å². The lowest BCUT2D eigenvalue weighted by molar-refractivity contribution is 0.672. The van der Waals surface area contributed by atoms with Gasteiger partial charge in [-0.1, -0.05) is 50.2 Å². The van der Waals surface area contributed by atoms with E-state index in [2.05, 4.69) is 62.4 Å². The highest BCUT2D eigenvalue weighted by molar-refractivity contribution is 6.16. The molecule has 0 aliphatic heterocycles. The molecule has 0 saturated heterocycles. The highest BCUT2D eigenvalue weighted by atomic mass is 16.3. The molecule has 1 aromatic heterocycles. The van der Waals surface area contributed by atoms with Gasteiger partial charge in [0, 0.05) is 16.2 Å². The van der Waals surface area contributed by atoms with Crippen LogP contribution in [0.4, 0.5) is 0 Å². The minimum atomic E-state index is 1.00. The average Bonchev–Trinajstić information content (AvgIpc) is 2.92. The molecule has 1 heteroatoms. The van der Waals surface area contributed by atoms with Crippen molar-refractivity contribution in [3.05, 3.63) is 59.7 Å². The van der Waals surface area contributed by atoms with E-state index in [1.54, 1.807) is 0 Å². The summed E-state index contributed by atoms with van der Waals surface area (Å²) in [5.74, 6) is 0. The Morgan fingerprint density at radius 2 is 1.52 bits per heavy atom. The second kappa shape index (κ2) is 4.63. The third-order valence-corrected chi connectivity index (χ3v) is 4.44. The Morgan fingerprint density at radius 3 is 2.29 bits per heavy atom. The number of fused-ring (bicyclic) bond motifs is 5. The van der Waals surface area contributed by atoms with Crippen molar-refractivity contribution in [2.45, 2.75) is 26.7 Å². The van der Waals surface area contributed by atoms with Crippen LogP contribution in [0.15, 0.2) is 52.9 Å². The van der Waals surface area contributed by atoms with E-state index in [4.69, 9.17) is 4.42 Å². The van der Waals surface area contributed by atoms with E-state index in [1.165, 1.54) is 32.7 Å². The fourth-order valence-corrected chi connectivity index (χ4v) is 3.38. The first-order valence-electron chi connectivity index (χ1n) is 7.68. The van der Waals surface area contributed by atoms with Crippen LogP contribution >= 0.6 is 0 Å². The monoisotopic (exact) mass is 274 g/mol. The summed E-state index contributed by atoms with van der Waals surface area (Å²) in [5, 5.41) is 5.09. The van der Waals surface area contributed by atoms with Crippen molar-refractivity contribution in [3.8, 4) is 0 Å². The van der Waals surface area contributed by atoms with Crippen molar-refractivity contribution in [2.24, 2.45) is 0 Å². The molecule has 0 radical (unpaired) electrons. The molecule has 104 valence electrons. The Labute approximate surface area is 124 Å². The summed E-state index contributed by atoms with van der Waals surface area (Å²) < 4.78 is 6.21. The third-order valence-electron chi connectivity index (χ3n) is 4.44. The lowest BCUT2D eigenvalue weighted by atomic mass is 9.97. The van der Waals surface area contributed by atoms with Gasteiger partial charge in [0.1, 0.15) is 11.2 Å². The number of aryl methyl sites for hydroxylation is 2. The summed E-state index contributed by atoms with van der Waals surface area (Å²) >= 11 is 0. The van der Waals surface area contributed by atoms with Gasteiger partial charge in [0.15, 0.2) is 0 Å². The van der Waals surface area contributed by atoms with Crippen molar-refractivity contribution < 1.29 is 4.42 Å². The Morgan fingerprint density at radius 1 is 0.762 bits per heavy atom. The van der Waals surface area contributed by atoms with E-state index in [-0.39, 0.29) is 0 Å². The molecule has 0 unspecified atom stereocenters. The van der Waals surface area contributed by atoms with Gasteiger partial charge in [-0.05, 0) is 41.5 Å². The van der Waals surface area contributed by atoms with E-state index in [9.17, 15) is 0 Å². The van der Waals surface area contributed by atoms with Gasteiger partial charge in [0.05, 0.1) is 0 Å². The molecular weight excluding hydrogens is 256 g/mol. The fraction of sp³-hybridized carbons (Fsp3) is 0.200. The molecule has 1 nitrogen and oxygen atoms in total. The Hall–Kier alpha value is -2.28. The molecule has 0 N–H and O–H groups in total. The summed E-state index contributed by atoms with van der Waals surface area (Å²) in [5.41, 5.74) is 4.79. The van der Waals surface area contributed by atoms with Gasteiger partial charge in [0.2, 0.25) is 0 Å². The molecule has 0 fully saturated rings. The van der Waals surface area contributed by atoms with Crippen LogP contribution in [0, 0.1) is 0 Å². The molecule has 0 saturated carbocycles. The zero-order valence-electron chi connectivity index (χ0n) is 12.4. The molecule has 0 bridgehead atoms. The third kappa shape index (κ3) is 1.70. The SMILES string of the molecule is CCc1cc2c(oc3cccc(CC)c32)c2ccccc12. The van der Waals surface area contributed by atoms with Crippen molar-refractivity contribution in [3.63, 3.8) is 0 Å². The molecule has 0 aliphatic carbocycles. The van der Waals surface area contributed by atoms with Crippen LogP contribution < -0.4 is 0 Å². The van der Waals surface area contributed by atoms with Crippen molar-refractivity contribution >= 4 is 32.7 Å². The predicted octanol–water partition coefficient (Wildman–Crippen LogP) is 5.86. The van der Waals surface area contributed by atoms with Crippen LogP contribution in [-0.4, -0.2) is 0 Å². The van der Waals surface area contributed by atoms with Gasteiger partial charge in [-0.2, -0.15) is 0 Å². The first-order chi connectivity index (χ1) is 10.3. The second-order valence-corrected chi connectivity index (χ2v) is 5.56. The summed E-state index contributed by atoms with van der Waals surface area (Å²) in [7, 11) is 0. The molecule has 0 atom stereocenters. The number of benzene rings is 3. The van der Waals surface area contributed by atoms with Gasteiger partial charge in [-0.3, -0.25) is 0 Å². The van der Waals surface area contributed by atoms with Crippen LogP contribution in [0.3, 0.4) is 0 Å². The molecule has 4 aromatic rings. The van der Waals surface area contributed by atoms with Crippen LogP contribution in [-0.2, 0) is 12.8 Å². The molecule has 0 aliphatic rings. The average molecular weight is 274 g/mol. The van der Waals surface area contributed by atoms with E-state index in [0.717, 1.165) is 24.0 Å². The van der Waals surface area contributed by atoms with E-state index in [0.29, 0.717) is 0 Å². The zero-order chi connectivity index (χ0) is 14.4. The fourth-order valence-electron chi connectivity index (χ4n) is 3.38. The van der Waals surface area contributed by atoms with Gasteiger partial charge >= 0.3 is 0 Å². The lowest BCUT2D eigenvalue weighted by Gasteiger charge is -2.05. The van der Waals surface area contributed by atoms with E-state index < -0.39 is 0 Å². The standard InChI is InChI=1S/C20H18O/c1-3-13-8-7-11-18-19(13)17-12-14(4-2)15-9-5-6-10-16(15)20(17)21-18/h5-12H,3-4H2,1-2H3. The minimum Gasteiger partial charge on any atom is -0.455 e. The van der Waals surface area contributed by atoms with E-state index >= 15 is 0 Å². The van der Waals surface area contributed by atoms with Crippen LogP contribution in [0.2, 0.25) is 0 Å². The van der Waals surface area contributed by atoms with Crippen molar-refractivity contribution in [2.75, 3.05) is 0 Å². The first-order valence-corrected chi connectivity index (χ1v) is 7.68. The maximum atomic E-state index is 6.21. The molecule has 21 heavy (non-hydrogen) atoms. The topological polar surface area (TPSA) is 13.1 Å². The second-order valence-electron chi connectivity index (χ2n) is 5.56. The molecule has 0 spiro atoms. The Balaban J connectivity index is 2.29. The molecule has 1 heterocycles. The van der Waals surface area contributed by atoms with Gasteiger partial charge in [-0.25, -0.2) is 0 Å². The summed E-state index contributed by atoms with van der Waals surface area (Å²) in [6.07, 6.45) is 2.07. The maximum Gasteiger partial charge on any atom is 0.143 e.